The van der Waals surface area contributed by atoms with Crippen LogP contribution in [-0.2, 0) is 9.53 Å². The molecule has 14 heavy (non-hydrogen) atoms. The van der Waals surface area contributed by atoms with Crippen molar-refractivity contribution in [3.63, 3.8) is 0 Å². The molecular formula is C10H18O4. The van der Waals surface area contributed by atoms with Gasteiger partial charge in [0.2, 0.25) is 0 Å². The molecule has 0 aliphatic heterocycles. The Morgan fingerprint density at radius 1 is 1.57 bits per heavy atom. The Labute approximate surface area is 84.2 Å². The van der Waals surface area contributed by atoms with Crippen molar-refractivity contribution in [1.82, 2.24) is 0 Å². The molecule has 0 aromatic carbocycles. The molecule has 0 spiro atoms. The first-order valence-corrected chi connectivity index (χ1v) is 4.64. The van der Waals surface area contributed by atoms with E-state index in [9.17, 15) is 9.90 Å². The van der Waals surface area contributed by atoms with E-state index in [1.807, 2.05) is 6.92 Å². The molecule has 82 valence electrons. The number of esters is 1. The van der Waals surface area contributed by atoms with Crippen LogP contribution < -0.4 is 0 Å². The number of hydrogen-bond donors (Lipinski definition) is 2. The smallest absolute Gasteiger partial charge is 0.333 e. The highest BCUT2D eigenvalue weighted by Gasteiger charge is 2.18. The van der Waals surface area contributed by atoms with Crippen LogP contribution >= 0.6 is 0 Å². The third kappa shape index (κ3) is 4.39. The molecule has 0 rings (SSSR count). The molecule has 0 radical (unpaired) electrons. The fourth-order valence-corrected chi connectivity index (χ4v) is 0.943. The Balaban J connectivity index is 3.88. The molecule has 0 amide bonds. The van der Waals surface area contributed by atoms with Gasteiger partial charge in [-0.05, 0) is 13.3 Å². The summed E-state index contributed by atoms with van der Waals surface area (Å²) in [6, 6.07) is 0. The van der Waals surface area contributed by atoms with Crippen LogP contribution in [-0.4, -0.2) is 35.5 Å². The molecule has 0 aliphatic rings. The van der Waals surface area contributed by atoms with Crippen LogP contribution in [0, 0.1) is 5.92 Å². The van der Waals surface area contributed by atoms with Crippen LogP contribution in [0.2, 0.25) is 0 Å². The highest BCUT2D eigenvalue weighted by molar-refractivity contribution is 5.86. The summed E-state index contributed by atoms with van der Waals surface area (Å²) in [6.07, 6.45) is -0.171. The van der Waals surface area contributed by atoms with Crippen molar-refractivity contribution in [2.24, 2.45) is 5.92 Å². The third-order valence-corrected chi connectivity index (χ3v) is 2.04. The molecule has 2 N–H and O–H groups in total. The summed E-state index contributed by atoms with van der Waals surface area (Å²) >= 11 is 0. The number of ether oxygens (including phenoxy) is 1. The standard InChI is InChI=1S/C10H18O4/c1-4-8(5-11)9(12)6-14-10(13)7(2)3/h8-9,11-12H,2,4-6H2,1,3H3. The Hall–Kier alpha value is -0.870. The van der Waals surface area contributed by atoms with E-state index in [0.717, 1.165) is 0 Å². The van der Waals surface area contributed by atoms with Gasteiger partial charge >= 0.3 is 5.97 Å². The first-order chi connectivity index (χ1) is 6.52. The van der Waals surface area contributed by atoms with Crippen molar-refractivity contribution < 1.29 is 19.7 Å². The first kappa shape index (κ1) is 13.1. The van der Waals surface area contributed by atoms with E-state index in [-0.39, 0.29) is 19.1 Å². The average molecular weight is 202 g/mol. The van der Waals surface area contributed by atoms with Gasteiger partial charge in [-0.1, -0.05) is 13.5 Å². The van der Waals surface area contributed by atoms with Crippen LogP contribution in [0.15, 0.2) is 12.2 Å². The number of aliphatic hydroxyl groups excluding tert-OH is 2. The minimum absolute atomic E-state index is 0.0925. The monoisotopic (exact) mass is 202 g/mol. The summed E-state index contributed by atoms with van der Waals surface area (Å²) in [5.74, 6) is -0.759. The van der Waals surface area contributed by atoms with Crippen molar-refractivity contribution in [2.45, 2.75) is 26.4 Å². The molecule has 0 aromatic heterocycles. The summed E-state index contributed by atoms with van der Waals surface area (Å²) in [6.45, 7) is 6.60. The predicted octanol–water partition coefficient (Wildman–Crippen LogP) is 0.485. The van der Waals surface area contributed by atoms with E-state index >= 15 is 0 Å². The lowest BCUT2D eigenvalue weighted by Gasteiger charge is -2.18. The number of carbonyl (C=O) groups is 1. The molecule has 2 unspecified atom stereocenters. The largest absolute Gasteiger partial charge is 0.460 e. The zero-order chi connectivity index (χ0) is 11.1. The van der Waals surface area contributed by atoms with E-state index in [0.29, 0.717) is 12.0 Å². The van der Waals surface area contributed by atoms with E-state index in [1.165, 1.54) is 6.92 Å². The SMILES string of the molecule is C=C(C)C(=O)OCC(O)C(CC)CO. The van der Waals surface area contributed by atoms with Gasteiger partial charge in [-0.2, -0.15) is 0 Å². The van der Waals surface area contributed by atoms with Gasteiger partial charge in [-0.3, -0.25) is 0 Å². The van der Waals surface area contributed by atoms with Gasteiger partial charge in [0.25, 0.3) is 0 Å². The molecule has 2 atom stereocenters. The van der Waals surface area contributed by atoms with Gasteiger partial charge in [-0.15, -0.1) is 0 Å². The van der Waals surface area contributed by atoms with Crippen LogP contribution in [0.1, 0.15) is 20.3 Å². The summed E-state index contributed by atoms with van der Waals surface area (Å²) < 4.78 is 4.75. The van der Waals surface area contributed by atoms with Gasteiger partial charge in [0.1, 0.15) is 6.61 Å². The van der Waals surface area contributed by atoms with E-state index in [2.05, 4.69) is 6.58 Å². The van der Waals surface area contributed by atoms with E-state index in [4.69, 9.17) is 9.84 Å². The summed E-state index contributed by atoms with van der Waals surface area (Å²) in [7, 11) is 0. The second-order valence-corrected chi connectivity index (χ2v) is 3.30. The normalized spacial score (nSPS) is 14.6. The Bertz CT molecular complexity index is 196. The van der Waals surface area contributed by atoms with Crippen LogP contribution in [0.3, 0.4) is 0 Å². The molecule has 0 saturated carbocycles. The van der Waals surface area contributed by atoms with Crippen LogP contribution in [0.4, 0.5) is 0 Å². The van der Waals surface area contributed by atoms with Gasteiger partial charge in [0, 0.05) is 18.1 Å². The Kier molecular flexibility index (Phi) is 6.16. The fourth-order valence-electron chi connectivity index (χ4n) is 0.943. The lowest BCUT2D eigenvalue weighted by Crippen LogP contribution is -2.29. The van der Waals surface area contributed by atoms with E-state index in [1.54, 1.807) is 0 Å². The fraction of sp³-hybridized carbons (Fsp3) is 0.700. The molecule has 4 nitrogen and oxygen atoms in total. The summed E-state index contributed by atoms with van der Waals surface area (Å²) in [5, 5.41) is 18.3. The predicted molar refractivity (Wildman–Crippen MR) is 52.6 cm³/mol. The van der Waals surface area contributed by atoms with Crippen molar-refractivity contribution in [1.29, 1.82) is 0 Å². The molecule has 0 aromatic rings. The molecular weight excluding hydrogens is 184 g/mol. The van der Waals surface area contributed by atoms with Gasteiger partial charge < -0.3 is 14.9 Å². The lowest BCUT2D eigenvalue weighted by molar-refractivity contribution is -0.143. The maximum atomic E-state index is 11.0. The highest BCUT2D eigenvalue weighted by Crippen LogP contribution is 2.08. The molecule has 0 fully saturated rings. The minimum Gasteiger partial charge on any atom is -0.460 e. The maximum Gasteiger partial charge on any atom is 0.333 e. The molecule has 0 saturated heterocycles. The number of rotatable bonds is 6. The van der Waals surface area contributed by atoms with Crippen LogP contribution in [0.25, 0.3) is 0 Å². The zero-order valence-corrected chi connectivity index (χ0v) is 8.69. The molecule has 4 heteroatoms. The zero-order valence-electron chi connectivity index (χ0n) is 8.69. The second-order valence-electron chi connectivity index (χ2n) is 3.30. The van der Waals surface area contributed by atoms with Gasteiger partial charge in [0.05, 0.1) is 6.10 Å². The maximum absolute atomic E-state index is 11.0. The first-order valence-electron chi connectivity index (χ1n) is 4.64. The van der Waals surface area contributed by atoms with Gasteiger partial charge in [0.15, 0.2) is 0 Å². The Morgan fingerprint density at radius 2 is 2.14 bits per heavy atom. The highest BCUT2D eigenvalue weighted by atomic mass is 16.5. The van der Waals surface area contributed by atoms with Gasteiger partial charge in [-0.25, -0.2) is 4.79 Å². The second kappa shape index (κ2) is 6.56. The molecule has 0 bridgehead atoms. The van der Waals surface area contributed by atoms with Crippen LogP contribution in [0.5, 0.6) is 0 Å². The quantitative estimate of drug-likeness (QED) is 0.486. The minimum atomic E-state index is -0.812. The summed E-state index contributed by atoms with van der Waals surface area (Å²) in [5.41, 5.74) is 0.300. The average Bonchev–Trinajstić information content (AvgIpc) is 2.15. The topological polar surface area (TPSA) is 66.8 Å². The Morgan fingerprint density at radius 3 is 2.50 bits per heavy atom. The van der Waals surface area contributed by atoms with Crippen molar-refractivity contribution in [3.05, 3.63) is 12.2 Å². The number of aliphatic hydroxyl groups is 2. The third-order valence-electron chi connectivity index (χ3n) is 2.04. The number of hydrogen-bond acceptors (Lipinski definition) is 4. The lowest BCUT2D eigenvalue weighted by atomic mass is 10.0. The van der Waals surface area contributed by atoms with E-state index < -0.39 is 12.1 Å². The van der Waals surface area contributed by atoms with Crippen molar-refractivity contribution in [3.8, 4) is 0 Å². The molecule has 0 heterocycles. The van der Waals surface area contributed by atoms with Crippen molar-refractivity contribution >= 4 is 5.97 Å². The summed E-state index contributed by atoms with van der Waals surface area (Å²) in [4.78, 5) is 11.0. The number of carbonyl (C=O) groups excluding carboxylic acids is 1. The molecule has 0 aliphatic carbocycles. The van der Waals surface area contributed by atoms with Crippen molar-refractivity contribution in [2.75, 3.05) is 13.2 Å².